The highest BCUT2D eigenvalue weighted by atomic mass is 16.5. The quantitative estimate of drug-likeness (QED) is 0.442. The predicted molar refractivity (Wildman–Crippen MR) is 128 cm³/mol. The van der Waals surface area contributed by atoms with Crippen molar-refractivity contribution in [3.63, 3.8) is 0 Å². The van der Waals surface area contributed by atoms with Crippen molar-refractivity contribution in [3.05, 3.63) is 48.2 Å². The van der Waals surface area contributed by atoms with Crippen LogP contribution in [0.5, 0.6) is 5.75 Å². The van der Waals surface area contributed by atoms with Crippen LogP contribution in [-0.4, -0.2) is 60.0 Å². The zero-order chi connectivity index (χ0) is 22.9. The van der Waals surface area contributed by atoms with E-state index in [1.54, 1.807) is 6.20 Å². The van der Waals surface area contributed by atoms with Gasteiger partial charge < -0.3 is 10.1 Å². The average Bonchev–Trinajstić information content (AvgIpc) is 3.34. The van der Waals surface area contributed by atoms with Gasteiger partial charge in [-0.3, -0.25) is 9.58 Å². The number of aryl methyl sites for hydroxylation is 3. The fourth-order valence-corrected chi connectivity index (χ4v) is 4.35. The van der Waals surface area contributed by atoms with Crippen molar-refractivity contribution in [2.45, 2.75) is 39.7 Å². The fraction of sp³-hybridized carbons (Fsp3) is 0.417. The van der Waals surface area contributed by atoms with E-state index in [9.17, 15) is 0 Å². The van der Waals surface area contributed by atoms with Crippen LogP contribution in [0.2, 0.25) is 0 Å². The van der Waals surface area contributed by atoms with Gasteiger partial charge in [-0.25, -0.2) is 14.5 Å². The van der Waals surface area contributed by atoms with E-state index >= 15 is 0 Å². The van der Waals surface area contributed by atoms with E-state index in [0.29, 0.717) is 12.6 Å². The van der Waals surface area contributed by atoms with Gasteiger partial charge in [0, 0.05) is 49.2 Å². The highest BCUT2D eigenvalue weighted by Gasteiger charge is 2.27. The molecule has 0 aliphatic carbocycles. The number of nitrogens with one attached hydrogen (secondary N) is 1. The maximum absolute atomic E-state index is 6.20. The van der Waals surface area contributed by atoms with Crippen LogP contribution in [0, 0.1) is 6.92 Å². The van der Waals surface area contributed by atoms with Crippen LogP contribution in [-0.2, 0) is 13.5 Å². The van der Waals surface area contributed by atoms with Gasteiger partial charge in [-0.15, -0.1) is 0 Å². The van der Waals surface area contributed by atoms with Crippen molar-refractivity contribution in [1.82, 2.24) is 34.3 Å². The number of ether oxygens (including phenoxy) is 1. The summed E-state index contributed by atoms with van der Waals surface area (Å²) < 4.78 is 9.92. The molecule has 0 amide bonds. The number of aromatic nitrogens is 6. The predicted octanol–water partition coefficient (Wildman–Crippen LogP) is 3.61. The summed E-state index contributed by atoms with van der Waals surface area (Å²) in [4.78, 5) is 11.4. The summed E-state index contributed by atoms with van der Waals surface area (Å²) >= 11 is 0. The van der Waals surface area contributed by atoms with Gasteiger partial charge in [0.25, 0.3) is 0 Å². The summed E-state index contributed by atoms with van der Waals surface area (Å²) in [6.07, 6.45) is 5.81. The molecule has 0 unspecified atom stereocenters. The molecule has 0 radical (unpaired) electrons. The van der Waals surface area contributed by atoms with Gasteiger partial charge in [0.1, 0.15) is 23.9 Å². The maximum Gasteiger partial charge on any atom is 0.165 e. The van der Waals surface area contributed by atoms with E-state index in [4.69, 9.17) is 4.74 Å². The van der Waals surface area contributed by atoms with Crippen molar-refractivity contribution in [2.75, 3.05) is 25.0 Å². The number of pyridine rings is 1. The molecule has 9 heteroatoms. The molecule has 4 aromatic heterocycles. The SMILES string of the molecule is CCc1cc(Nc2cc3cc(-c4c(OC[C@H]5CCN5CC)cnn4C)ccn3n2)nc(C)n1. The third-order valence-electron chi connectivity index (χ3n) is 6.25. The standard InChI is InChI=1S/C24H30N8O/c1-5-18-12-22(27-16(3)26-18)28-23-13-20-11-17(7-10-32(20)29-23)24-21(14-25-30(24)4)33-15-19-8-9-31(19)6-2/h7,10-14,19H,5-6,8-9,15H2,1-4H3,(H,26,27,28,29)/t19-/m1/s1. The van der Waals surface area contributed by atoms with Crippen LogP contribution in [0.15, 0.2) is 36.7 Å². The summed E-state index contributed by atoms with van der Waals surface area (Å²) in [5.41, 5.74) is 3.98. The second kappa shape index (κ2) is 8.82. The first-order valence-corrected chi connectivity index (χ1v) is 11.5. The minimum atomic E-state index is 0.493. The van der Waals surface area contributed by atoms with Gasteiger partial charge in [-0.05, 0) is 38.4 Å². The molecule has 1 aliphatic rings. The first-order chi connectivity index (χ1) is 16.0. The zero-order valence-electron chi connectivity index (χ0n) is 19.6. The highest BCUT2D eigenvalue weighted by molar-refractivity contribution is 5.72. The van der Waals surface area contributed by atoms with Crippen molar-refractivity contribution in [1.29, 1.82) is 0 Å². The smallest absolute Gasteiger partial charge is 0.165 e. The van der Waals surface area contributed by atoms with Gasteiger partial charge in [0.2, 0.25) is 0 Å². The number of fused-ring (bicyclic) bond motifs is 1. The molecule has 0 bridgehead atoms. The third kappa shape index (κ3) is 4.28. The molecule has 0 aromatic carbocycles. The molecule has 1 fully saturated rings. The average molecular weight is 447 g/mol. The topological polar surface area (TPSA) is 85.4 Å². The number of likely N-dealkylation sites (N-methyl/N-ethyl adjacent to an activating group) is 1. The first kappa shape index (κ1) is 21.4. The molecule has 4 aromatic rings. The summed E-state index contributed by atoms with van der Waals surface area (Å²) in [6, 6.07) is 8.61. The van der Waals surface area contributed by atoms with Gasteiger partial charge in [0.05, 0.1) is 11.7 Å². The second-order valence-electron chi connectivity index (χ2n) is 8.45. The van der Waals surface area contributed by atoms with E-state index in [0.717, 1.165) is 65.2 Å². The van der Waals surface area contributed by atoms with Gasteiger partial charge in [-0.2, -0.15) is 10.2 Å². The lowest BCUT2D eigenvalue weighted by Gasteiger charge is -2.39. The van der Waals surface area contributed by atoms with Gasteiger partial charge in [0.15, 0.2) is 11.6 Å². The molecule has 1 N–H and O–H groups in total. The lowest BCUT2D eigenvalue weighted by molar-refractivity contribution is 0.0563. The lowest BCUT2D eigenvalue weighted by atomic mass is 10.0. The summed E-state index contributed by atoms with van der Waals surface area (Å²) in [5.74, 6) is 3.04. The Morgan fingerprint density at radius 1 is 1.15 bits per heavy atom. The molecular formula is C24H30N8O. The monoisotopic (exact) mass is 446 g/mol. The molecule has 1 saturated heterocycles. The van der Waals surface area contributed by atoms with E-state index in [-0.39, 0.29) is 0 Å². The Bertz CT molecular complexity index is 1270. The third-order valence-corrected chi connectivity index (χ3v) is 6.25. The summed E-state index contributed by atoms with van der Waals surface area (Å²) in [7, 11) is 1.94. The number of likely N-dealkylation sites (tertiary alicyclic amines) is 1. The number of anilines is 2. The zero-order valence-corrected chi connectivity index (χ0v) is 19.6. The molecule has 1 atom stereocenters. The Labute approximate surface area is 193 Å². The maximum atomic E-state index is 6.20. The van der Waals surface area contributed by atoms with E-state index in [1.807, 2.05) is 47.6 Å². The van der Waals surface area contributed by atoms with Crippen LogP contribution < -0.4 is 10.1 Å². The van der Waals surface area contributed by atoms with Crippen LogP contribution in [0.1, 0.15) is 31.8 Å². The molecular weight excluding hydrogens is 416 g/mol. The van der Waals surface area contributed by atoms with Gasteiger partial charge in [-0.1, -0.05) is 13.8 Å². The molecule has 172 valence electrons. The summed E-state index contributed by atoms with van der Waals surface area (Å²) in [5, 5.41) is 12.4. The Balaban J connectivity index is 1.38. The number of hydrogen-bond donors (Lipinski definition) is 1. The molecule has 5 heterocycles. The van der Waals surface area contributed by atoms with Crippen LogP contribution in [0.4, 0.5) is 11.6 Å². The largest absolute Gasteiger partial charge is 0.488 e. The molecule has 1 aliphatic heterocycles. The first-order valence-electron chi connectivity index (χ1n) is 11.5. The molecule has 0 saturated carbocycles. The molecule has 5 rings (SSSR count). The van der Waals surface area contributed by atoms with Gasteiger partial charge >= 0.3 is 0 Å². The lowest BCUT2D eigenvalue weighted by Crippen LogP contribution is -2.50. The highest BCUT2D eigenvalue weighted by Crippen LogP contribution is 2.31. The van der Waals surface area contributed by atoms with Crippen LogP contribution in [0.3, 0.4) is 0 Å². The number of rotatable bonds is 8. The molecule has 0 spiro atoms. The minimum absolute atomic E-state index is 0.493. The molecule has 9 nitrogen and oxygen atoms in total. The Morgan fingerprint density at radius 3 is 2.79 bits per heavy atom. The van der Waals surface area contributed by atoms with E-state index in [2.05, 4.69) is 50.3 Å². The Morgan fingerprint density at radius 2 is 2.03 bits per heavy atom. The van der Waals surface area contributed by atoms with Crippen molar-refractivity contribution < 1.29 is 4.74 Å². The fourth-order valence-electron chi connectivity index (χ4n) is 4.35. The number of nitrogens with zero attached hydrogens (tertiary/aromatic N) is 7. The van der Waals surface area contributed by atoms with E-state index in [1.165, 1.54) is 6.42 Å². The Kier molecular flexibility index (Phi) is 5.72. The molecule has 33 heavy (non-hydrogen) atoms. The number of hydrogen-bond acceptors (Lipinski definition) is 7. The minimum Gasteiger partial charge on any atom is -0.488 e. The van der Waals surface area contributed by atoms with Crippen molar-refractivity contribution >= 4 is 17.2 Å². The Hall–Kier alpha value is -3.46. The van der Waals surface area contributed by atoms with Crippen LogP contribution >= 0.6 is 0 Å². The van der Waals surface area contributed by atoms with Crippen molar-refractivity contribution in [3.8, 4) is 17.0 Å². The van der Waals surface area contributed by atoms with Crippen molar-refractivity contribution in [2.24, 2.45) is 7.05 Å². The normalized spacial score (nSPS) is 16.2. The second-order valence-corrected chi connectivity index (χ2v) is 8.45. The van der Waals surface area contributed by atoms with E-state index < -0.39 is 0 Å². The summed E-state index contributed by atoms with van der Waals surface area (Å²) in [6.45, 7) is 9.09. The van der Waals surface area contributed by atoms with Crippen LogP contribution in [0.25, 0.3) is 16.8 Å².